The van der Waals surface area contributed by atoms with Crippen LogP contribution in [0.25, 0.3) is 0 Å². The third-order valence-corrected chi connectivity index (χ3v) is 3.36. The summed E-state index contributed by atoms with van der Waals surface area (Å²) in [7, 11) is 0. The number of aliphatic hydroxyl groups is 1. The number of carbonyl (C=O) groups is 1. The van der Waals surface area contributed by atoms with Gasteiger partial charge in [-0.2, -0.15) is 13.2 Å². The third-order valence-electron chi connectivity index (χ3n) is 3.36. The van der Waals surface area contributed by atoms with Gasteiger partial charge in [0.15, 0.2) is 0 Å². The van der Waals surface area contributed by atoms with Crippen LogP contribution in [0.1, 0.15) is 27.0 Å². The summed E-state index contributed by atoms with van der Waals surface area (Å²) in [4.78, 5) is 11.9. The van der Waals surface area contributed by atoms with E-state index in [0.717, 1.165) is 23.3 Å². The number of rotatable bonds is 5. The first-order valence-corrected chi connectivity index (χ1v) is 7.04. The standard InChI is InChI=1S/C17H16F3NO2/c18-17(19,20)15-3-1-2-14(10-15)16(23)21-9-8-12-4-6-13(11-22)7-5-12/h1-7,10,22H,8-9,11H2,(H,21,23). The van der Waals surface area contributed by atoms with E-state index in [1.807, 2.05) is 12.1 Å². The third kappa shape index (κ3) is 4.82. The summed E-state index contributed by atoms with van der Waals surface area (Å²) in [6.45, 7) is 0.278. The molecule has 1 amide bonds. The van der Waals surface area contributed by atoms with Crippen molar-refractivity contribution in [3.8, 4) is 0 Å². The fourth-order valence-electron chi connectivity index (χ4n) is 2.07. The minimum atomic E-state index is -4.47. The van der Waals surface area contributed by atoms with E-state index in [0.29, 0.717) is 13.0 Å². The van der Waals surface area contributed by atoms with Gasteiger partial charge in [-0.1, -0.05) is 30.3 Å². The highest BCUT2D eigenvalue weighted by Gasteiger charge is 2.30. The van der Waals surface area contributed by atoms with E-state index >= 15 is 0 Å². The summed E-state index contributed by atoms with van der Waals surface area (Å²) in [5.74, 6) is -0.539. The van der Waals surface area contributed by atoms with E-state index in [1.54, 1.807) is 12.1 Å². The quantitative estimate of drug-likeness (QED) is 0.888. The van der Waals surface area contributed by atoms with E-state index in [1.165, 1.54) is 12.1 Å². The van der Waals surface area contributed by atoms with Crippen LogP contribution < -0.4 is 5.32 Å². The molecule has 0 atom stereocenters. The fraction of sp³-hybridized carbons (Fsp3) is 0.235. The zero-order valence-corrected chi connectivity index (χ0v) is 12.2. The smallest absolute Gasteiger partial charge is 0.392 e. The normalized spacial score (nSPS) is 11.3. The van der Waals surface area contributed by atoms with Crippen molar-refractivity contribution in [3.63, 3.8) is 0 Å². The molecule has 0 aliphatic heterocycles. The molecule has 3 nitrogen and oxygen atoms in total. The van der Waals surface area contributed by atoms with Gasteiger partial charge in [0, 0.05) is 12.1 Å². The van der Waals surface area contributed by atoms with Crippen molar-refractivity contribution < 1.29 is 23.1 Å². The van der Waals surface area contributed by atoms with Gasteiger partial charge in [0.1, 0.15) is 0 Å². The lowest BCUT2D eigenvalue weighted by Gasteiger charge is -2.09. The maximum atomic E-state index is 12.6. The van der Waals surface area contributed by atoms with Gasteiger partial charge < -0.3 is 10.4 Å². The van der Waals surface area contributed by atoms with Gasteiger partial charge >= 0.3 is 6.18 Å². The summed E-state index contributed by atoms with van der Waals surface area (Å²) in [5.41, 5.74) is 0.897. The molecule has 2 N–H and O–H groups in total. The molecule has 0 radical (unpaired) electrons. The molecule has 2 aromatic carbocycles. The van der Waals surface area contributed by atoms with E-state index < -0.39 is 17.6 Å². The lowest BCUT2D eigenvalue weighted by Crippen LogP contribution is -2.26. The molecule has 0 heterocycles. The second-order valence-corrected chi connectivity index (χ2v) is 5.06. The van der Waals surface area contributed by atoms with Gasteiger partial charge in [-0.15, -0.1) is 0 Å². The van der Waals surface area contributed by atoms with E-state index in [2.05, 4.69) is 5.32 Å². The highest BCUT2D eigenvalue weighted by Crippen LogP contribution is 2.29. The Labute approximate surface area is 131 Å². The van der Waals surface area contributed by atoms with Crippen LogP contribution in [0.4, 0.5) is 13.2 Å². The summed E-state index contributed by atoms with van der Waals surface area (Å²) in [6, 6.07) is 11.6. The number of halogens is 3. The maximum absolute atomic E-state index is 12.6. The Morgan fingerprint density at radius 2 is 1.70 bits per heavy atom. The lowest BCUT2D eigenvalue weighted by molar-refractivity contribution is -0.137. The Kier molecular flexibility index (Phi) is 5.39. The molecule has 122 valence electrons. The van der Waals surface area contributed by atoms with Gasteiger partial charge in [-0.3, -0.25) is 4.79 Å². The Morgan fingerprint density at radius 1 is 1.04 bits per heavy atom. The summed E-state index contributed by atoms with van der Waals surface area (Å²) in [5, 5.41) is 11.5. The molecule has 2 aromatic rings. The van der Waals surface area contributed by atoms with Crippen molar-refractivity contribution in [3.05, 3.63) is 70.8 Å². The first-order chi connectivity index (χ1) is 10.9. The zero-order valence-electron chi connectivity index (χ0n) is 12.2. The first kappa shape index (κ1) is 17.0. The van der Waals surface area contributed by atoms with Crippen molar-refractivity contribution in [2.24, 2.45) is 0 Å². The highest BCUT2D eigenvalue weighted by molar-refractivity contribution is 5.94. The maximum Gasteiger partial charge on any atom is 0.416 e. The van der Waals surface area contributed by atoms with Gasteiger partial charge in [-0.05, 0) is 35.7 Å². The Hall–Kier alpha value is -2.34. The van der Waals surface area contributed by atoms with E-state index in [-0.39, 0.29) is 12.2 Å². The Bertz CT molecular complexity index is 666. The summed E-state index contributed by atoms with van der Waals surface area (Å²) < 4.78 is 37.9. The van der Waals surface area contributed by atoms with Crippen LogP contribution in [0, 0.1) is 0 Å². The number of benzene rings is 2. The van der Waals surface area contributed by atoms with Crippen molar-refractivity contribution in [2.45, 2.75) is 19.2 Å². The molecule has 2 rings (SSSR count). The molecule has 0 bridgehead atoms. The minimum absolute atomic E-state index is 0.0181. The molecular formula is C17H16F3NO2. The van der Waals surface area contributed by atoms with E-state index in [4.69, 9.17) is 5.11 Å². The second kappa shape index (κ2) is 7.28. The fourth-order valence-corrected chi connectivity index (χ4v) is 2.07. The van der Waals surface area contributed by atoms with Gasteiger partial charge in [0.25, 0.3) is 5.91 Å². The predicted octanol–water partition coefficient (Wildman–Crippen LogP) is 3.17. The highest BCUT2D eigenvalue weighted by atomic mass is 19.4. The van der Waals surface area contributed by atoms with Crippen LogP contribution in [-0.2, 0) is 19.2 Å². The van der Waals surface area contributed by atoms with Crippen molar-refractivity contribution in [2.75, 3.05) is 6.54 Å². The molecule has 0 fully saturated rings. The number of amides is 1. The number of carbonyl (C=O) groups excluding carboxylic acids is 1. The topological polar surface area (TPSA) is 49.3 Å². The van der Waals surface area contributed by atoms with Crippen LogP contribution in [0.5, 0.6) is 0 Å². The van der Waals surface area contributed by atoms with Crippen LogP contribution in [0.3, 0.4) is 0 Å². The molecular weight excluding hydrogens is 307 g/mol. The number of hydrogen-bond acceptors (Lipinski definition) is 2. The van der Waals surface area contributed by atoms with Crippen molar-refractivity contribution in [1.29, 1.82) is 0 Å². The first-order valence-electron chi connectivity index (χ1n) is 7.04. The minimum Gasteiger partial charge on any atom is -0.392 e. The van der Waals surface area contributed by atoms with E-state index in [9.17, 15) is 18.0 Å². The monoisotopic (exact) mass is 323 g/mol. The van der Waals surface area contributed by atoms with Crippen LogP contribution in [0.2, 0.25) is 0 Å². The molecule has 0 aliphatic rings. The molecule has 0 saturated carbocycles. The number of nitrogens with one attached hydrogen (secondary N) is 1. The van der Waals surface area contributed by atoms with Crippen molar-refractivity contribution in [1.82, 2.24) is 5.32 Å². The molecule has 6 heteroatoms. The van der Waals surface area contributed by atoms with Crippen LogP contribution in [0.15, 0.2) is 48.5 Å². The van der Waals surface area contributed by atoms with Gasteiger partial charge in [0.2, 0.25) is 0 Å². The molecule has 0 spiro atoms. The Morgan fingerprint density at radius 3 is 2.30 bits per heavy atom. The van der Waals surface area contributed by atoms with Crippen LogP contribution >= 0.6 is 0 Å². The number of aliphatic hydroxyl groups excluding tert-OH is 1. The lowest BCUT2D eigenvalue weighted by atomic mass is 10.1. The molecule has 0 aromatic heterocycles. The Balaban J connectivity index is 1.92. The second-order valence-electron chi connectivity index (χ2n) is 5.06. The molecule has 23 heavy (non-hydrogen) atoms. The average molecular weight is 323 g/mol. The molecule has 0 unspecified atom stereocenters. The number of hydrogen-bond donors (Lipinski definition) is 2. The van der Waals surface area contributed by atoms with Crippen LogP contribution in [-0.4, -0.2) is 17.6 Å². The largest absolute Gasteiger partial charge is 0.416 e. The SMILES string of the molecule is O=C(NCCc1ccc(CO)cc1)c1cccc(C(F)(F)F)c1. The molecule has 0 saturated heterocycles. The zero-order chi connectivity index (χ0) is 16.9. The van der Waals surface area contributed by atoms with Crippen molar-refractivity contribution >= 4 is 5.91 Å². The summed E-state index contributed by atoms with van der Waals surface area (Å²) >= 11 is 0. The number of alkyl halides is 3. The molecule has 0 aliphatic carbocycles. The summed E-state index contributed by atoms with van der Waals surface area (Å²) in [6.07, 6.45) is -3.92. The predicted molar refractivity (Wildman–Crippen MR) is 79.8 cm³/mol. The van der Waals surface area contributed by atoms with Gasteiger partial charge in [-0.25, -0.2) is 0 Å². The average Bonchev–Trinajstić information content (AvgIpc) is 2.54. The van der Waals surface area contributed by atoms with Gasteiger partial charge in [0.05, 0.1) is 12.2 Å².